The van der Waals surface area contributed by atoms with Gasteiger partial charge in [-0.25, -0.2) is 4.39 Å². The van der Waals surface area contributed by atoms with Crippen LogP contribution in [0.15, 0.2) is 18.5 Å². The first-order chi connectivity index (χ1) is 11.5. The van der Waals surface area contributed by atoms with Gasteiger partial charge in [-0.05, 0) is 18.1 Å². The third kappa shape index (κ3) is 1.96. The van der Waals surface area contributed by atoms with Crippen molar-refractivity contribution in [2.45, 2.75) is 20.4 Å². The van der Waals surface area contributed by atoms with Gasteiger partial charge in [-0.1, -0.05) is 25.4 Å². The molecule has 0 saturated heterocycles. The summed E-state index contributed by atoms with van der Waals surface area (Å²) in [6.07, 6.45) is 1.38. The summed E-state index contributed by atoms with van der Waals surface area (Å²) in [6.45, 7) is 4.73. The monoisotopic (exact) mass is 342 g/mol. The molecule has 0 bridgehead atoms. The van der Waals surface area contributed by atoms with E-state index < -0.39 is 5.82 Å². The zero-order chi connectivity index (χ0) is 17.0. The van der Waals surface area contributed by atoms with Crippen molar-refractivity contribution in [2.75, 3.05) is 0 Å². The lowest BCUT2D eigenvalue weighted by Gasteiger charge is -2.10. The predicted molar refractivity (Wildman–Crippen MR) is 88.3 cm³/mol. The number of aromatic nitrogens is 5. The van der Waals surface area contributed by atoms with Gasteiger partial charge in [0.1, 0.15) is 22.9 Å². The van der Waals surface area contributed by atoms with Gasteiger partial charge >= 0.3 is 0 Å². The van der Waals surface area contributed by atoms with Crippen LogP contribution in [0.25, 0.3) is 27.7 Å². The Hall–Kier alpha value is -2.72. The predicted octanol–water partition coefficient (Wildman–Crippen LogP) is 3.55. The summed E-state index contributed by atoms with van der Waals surface area (Å²) in [5.41, 5.74) is 1.48. The van der Waals surface area contributed by atoms with E-state index in [0.29, 0.717) is 40.2 Å². The van der Waals surface area contributed by atoms with Gasteiger partial charge in [0.15, 0.2) is 0 Å². The van der Waals surface area contributed by atoms with Crippen LogP contribution in [0.2, 0.25) is 5.15 Å². The average molecular weight is 343 g/mol. The van der Waals surface area contributed by atoms with Gasteiger partial charge in [-0.2, -0.15) is 24.8 Å². The summed E-state index contributed by atoms with van der Waals surface area (Å²) >= 11 is 6.33. The average Bonchev–Trinajstić information content (AvgIpc) is 3.10. The minimum absolute atomic E-state index is 0.168. The molecule has 0 atom stereocenters. The van der Waals surface area contributed by atoms with Crippen LogP contribution in [0.4, 0.5) is 4.39 Å². The normalized spacial score (nSPS) is 11.8. The highest BCUT2D eigenvalue weighted by Gasteiger charge is 2.22. The number of nitrogens with zero attached hydrogens (tertiary/aromatic N) is 6. The number of rotatable bonds is 2. The first kappa shape index (κ1) is 14.8. The van der Waals surface area contributed by atoms with Crippen molar-refractivity contribution in [3.8, 4) is 6.07 Å². The fourth-order valence-electron chi connectivity index (χ4n) is 3.05. The Morgan fingerprint density at radius 1 is 1.33 bits per heavy atom. The summed E-state index contributed by atoms with van der Waals surface area (Å²) in [7, 11) is 0. The molecule has 24 heavy (non-hydrogen) atoms. The molecule has 8 heteroatoms. The lowest BCUT2D eigenvalue weighted by Crippen LogP contribution is -2.07. The maximum atomic E-state index is 14.7. The van der Waals surface area contributed by atoms with E-state index in [1.807, 2.05) is 10.6 Å². The van der Waals surface area contributed by atoms with Gasteiger partial charge in [-0.15, -0.1) is 0 Å². The van der Waals surface area contributed by atoms with Crippen molar-refractivity contribution in [3.63, 3.8) is 0 Å². The van der Waals surface area contributed by atoms with Crippen LogP contribution >= 0.6 is 11.6 Å². The topological polar surface area (TPSA) is 71.8 Å². The molecule has 0 fully saturated rings. The molecule has 0 unspecified atom stereocenters. The Balaban J connectivity index is 2.32. The van der Waals surface area contributed by atoms with Crippen LogP contribution in [-0.2, 0) is 6.54 Å². The quantitative estimate of drug-likeness (QED) is 0.522. The van der Waals surface area contributed by atoms with Gasteiger partial charge < -0.3 is 4.57 Å². The first-order valence-electron chi connectivity index (χ1n) is 7.42. The maximum Gasteiger partial charge on any atom is 0.255 e. The number of nitriles is 1. The summed E-state index contributed by atoms with van der Waals surface area (Å²) in [4.78, 5) is 8.27. The van der Waals surface area contributed by atoms with Crippen molar-refractivity contribution < 1.29 is 4.39 Å². The van der Waals surface area contributed by atoms with E-state index in [0.717, 1.165) is 0 Å². The molecule has 4 rings (SSSR count). The summed E-state index contributed by atoms with van der Waals surface area (Å²) in [6, 6.07) is 4.87. The molecule has 120 valence electrons. The third-order valence-corrected chi connectivity index (χ3v) is 4.17. The Labute approximate surface area is 141 Å². The fraction of sp³-hybridized carbons (Fsp3) is 0.250. The smallest absolute Gasteiger partial charge is 0.255 e. The lowest BCUT2D eigenvalue weighted by molar-refractivity contribution is 0.540. The van der Waals surface area contributed by atoms with Gasteiger partial charge in [0.05, 0.1) is 22.5 Å². The number of benzene rings is 1. The summed E-state index contributed by atoms with van der Waals surface area (Å²) in [5.74, 6) is 0.143. The Kier molecular flexibility index (Phi) is 3.18. The van der Waals surface area contributed by atoms with Crippen molar-refractivity contribution in [3.05, 3.63) is 35.0 Å². The summed E-state index contributed by atoms with van der Waals surface area (Å²) < 4.78 is 18.2. The SMILES string of the molecule is CC(C)Cn1c2cc(C#N)cc(F)c2c2c(Cl)nc3ncnn3c21. The standard InChI is InChI=1S/C16H12ClFN6/c1-8(2)6-23-11-4-9(5-19)3-10(18)12(11)13-14(17)22-16-20-7-21-24(16)15(13)23/h3-4,7-8H,6H2,1-2H3. The fourth-order valence-corrected chi connectivity index (χ4v) is 3.30. The van der Waals surface area contributed by atoms with E-state index >= 15 is 0 Å². The Bertz CT molecular complexity index is 1150. The second-order valence-electron chi connectivity index (χ2n) is 6.04. The molecule has 3 heterocycles. The van der Waals surface area contributed by atoms with Crippen molar-refractivity contribution >= 4 is 39.3 Å². The molecule has 0 aliphatic heterocycles. The van der Waals surface area contributed by atoms with Gasteiger partial charge in [0.25, 0.3) is 5.78 Å². The molecule has 3 aromatic heterocycles. The highest BCUT2D eigenvalue weighted by Crippen LogP contribution is 2.36. The van der Waals surface area contributed by atoms with E-state index in [2.05, 4.69) is 28.9 Å². The molecular weight excluding hydrogens is 331 g/mol. The van der Waals surface area contributed by atoms with Crippen molar-refractivity contribution in [2.24, 2.45) is 5.92 Å². The summed E-state index contributed by atoms with van der Waals surface area (Å²) in [5, 5.41) is 14.4. The molecule has 0 aliphatic carbocycles. The first-order valence-corrected chi connectivity index (χ1v) is 7.80. The zero-order valence-electron chi connectivity index (χ0n) is 13.0. The molecule has 4 aromatic rings. The molecule has 0 amide bonds. The number of fused-ring (bicyclic) bond motifs is 5. The second kappa shape index (κ2) is 5.14. The third-order valence-electron chi connectivity index (χ3n) is 3.90. The number of hydrogen-bond donors (Lipinski definition) is 0. The second-order valence-corrected chi connectivity index (χ2v) is 6.40. The van der Waals surface area contributed by atoms with Crippen LogP contribution in [0.1, 0.15) is 19.4 Å². The van der Waals surface area contributed by atoms with Crippen molar-refractivity contribution in [1.82, 2.24) is 24.1 Å². The van der Waals surface area contributed by atoms with Crippen LogP contribution in [-0.4, -0.2) is 24.1 Å². The molecule has 0 N–H and O–H groups in total. The van der Waals surface area contributed by atoms with Crippen LogP contribution in [0, 0.1) is 23.1 Å². The molecule has 1 aromatic carbocycles. The molecule has 0 spiro atoms. The van der Waals surface area contributed by atoms with E-state index in [9.17, 15) is 9.65 Å². The highest BCUT2D eigenvalue weighted by molar-refractivity contribution is 6.36. The van der Waals surface area contributed by atoms with Gasteiger partial charge in [0, 0.05) is 11.9 Å². The zero-order valence-corrected chi connectivity index (χ0v) is 13.7. The van der Waals surface area contributed by atoms with E-state index in [1.165, 1.54) is 12.4 Å². The number of hydrogen-bond acceptors (Lipinski definition) is 4. The lowest BCUT2D eigenvalue weighted by atomic mass is 10.1. The van der Waals surface area contributed by atoms with Crippen LogP contribution in [0.3, 0.4) is 0 Å². The van der Waals surface area contributed by atoms with Crippen LogP contribution in [0.5, 0.6) is 0 Å². The van der Waals surface area contributed by atoms with Gasteiger partial charge in [-0.3, -0.25) is 0 Å². The molecule has 0 aliphatic rings. The largest absolute Gasteiger partial charge is 0.325 e. The molecular formula is C16H12ClFN6. The molecule has 6 nitrogen and oxygen atoms in total. The van der Waals surface area contributed by atoms with E-state index in [-0.39, 0.29) is 10.7 Å². The maximum absolute atomic E-state index is 14.7. The Morgan fingerprint density at radius 2 is 2.12 bits per heavy atom. The Morgan fingerprint density at radius 3 is 2.83 bits per heavy atom. The van der Waals surface area contributed by atoms with Gasteiger partial charge in [0.2, 0.25) is 0 Å². The molecule has 0 saturated carbocycles. The van der Waals surface area contributed by atoms with Crippen molar-refractivity contribution in [1.29, 1.82) is 5.26 Å². The van der Waals surface area contributed by atoms with E-state index in [1.54, 1.807) is 10.6 Å². The van der Waals surface area contributed by atoms with E-state index in [4.69, 9.17) is 11.6 Å². The molecule has 0 radical (unpaired) electrons. The van der Waals surface area contributed by atoms with Crippen LogP contribution < -0.4 is 0 Å². The highest BCUT2D eigenvalue weighted by atomic mass is 35.5. The number of halogens is 2. The minimum Gasteiger partial charge on any atom is -0.325 e. The minimum atomic E-state index is -0.500.